The van der Waals surface area contributed by atoms with Crippen LogP contribution in [0.4, 0.5) is 0 Å². The fourth-order valence-electron chi connectivity index (χ4n) is 9.03. The summed E-state index contributed by atoms with van der Waals surface area (Å²) < 4.78 is 11.1. The molecule has 1 aliphatic heterocycles. The van der Waals surface area contributed by atoms with Crippen LogP contribution in [-0.2, 0) is 14.3 Å². The number of amides is 1. The first-order chi connectivity index (χ1) is 31.7. The van der Waals surface area contributed by atoms with Crippen molar-refractivity contribution in [3.63, 3.8) is 0 Å². The maximum atomic E-state index is 13.2. The van der Waals surface area contributed by atoms with Gasteiger partial charge in [0.1, 0.15) is 36.6 Å². The van der Waals surface area contributed by atoms with Gasteiger partial charge in [0, 0.05) is 0 Å². The Morgan fingerprint density at radius 1 is 0.523 bits per heavy atom. The van der Waals surface area contributed by atoms with Crippen molar-refractivity contribution < 1.29 is 50.0 Å². The van der Waals surface area contributed by atoms with E-state index in [9.17, 15) is 40.5 Å². The molecule has 0 bridgehead atoms. The van der Waals surface area contributed by atoms with Crippen LogP contribution < -0.4 is 5.32 Å². The van der Waals surface area contributed by atoms with E-state index in [1.165, 1.54) is 167 Å². The average Bonchev–Trinajstić information content (AvgIpc) is 3.31. The average molecular weight is 928 g/mol. The molecular weight excluding hydrogens is 823 g/mol. The molecule has 9 atom stereocenters. The molecule has 0 aromatic heterocycles. The Bertz CT molecular complexity index is 1060. The van der Waals surface area contributed by atoms with Gasteiger partial charge in [-0.1, -0.05) is 231 Å². The summed E-state index contributed by atoms with van der Waals surface area (Å²) in [6, 6.07) is -1.17. The molecule has 1 rings (SSSR count). The van der Waals surface area contributed by atoms with E-state index >= 15 is 0 Å². The monoisotopic (exact) mass is 928 g/mol. The summed E-state index contributed by atoms with van der Waals surface area (Å²) in [6.45, 7) is 3.48. The summed E-state index contributed by atoms with van der Waals surface area (Å²) >= 11 is 0. The van der Waals surface area contributed by atoms with Gasteiger partial charge in [-0.15, -0.1) is 0 Å². The number of nitrogens with one attached hydrogen (secondary N) is 1. The molecule has 1 aliphatic rings. The molecule has 0 aromatic carbocycles. The molecule has 1 amide bonds. The van der Waals surface area contributed by atoms with Crippen LogP contribution in [0.15, 0.2) is 12.2 Å². The minimum absolute atomic E-state index is 0.256. The molecule has 0 spiro atoms. The van der Waals surface area contributed by atoms with Gasteiger partial charge in [-0.05, 0) is 38.5 Å². The lowest BCUT2D eigenvalue weighted by Crippen LogP contribution is -2.60. The number of carbonyl (C=O) groups is 1. The van der Waals surface area contributed by atoms with Crippen LogP contribution in [0.1, 0.15) is 258 Å². The molecular formula is C54H105NO10. The van der Waals surface area contributed by atoms with Crippen LogP contribution in [0.5, 0.6) is 0 Å². The zero-order chi connectivity index (χ0) is 47.6. The van der Waals surface area contributed by atoms with Gasteiger partial charge in [-0.2, -0.15) is 0 Å². The first-order valence-corrected chi connectivity index (χ1v) is 27.6. The summed E-state index contributed by atoms with van der Waals surface area (Å²) in [5, 5.41) is 76.0. The molecule has 1 heterocycles. The predicted molar refractivity (Wildman–Crippen MR) is 266 cm³/mol. The van der Waals surface area contributed by atoms with E-state index in [1.54, 1.807) is 0 Å². The molecule has 386 valence electrons. The van der Waals surface area contributed by atoms with Crippen molar-refractivity contribution in [3.8, 4) is 0 Å². The Hall–Kier alpha value is -1.15. The minimum Gasteiger partial charge on any atom is -0.394 e. The quantitative estimate of drug-likeness (QED) is 0.0215. The molecule has 0 saturated carbocycles. The number of hydrogen-bond donors (Lipinski definition) is 8. The number of rotatable bonds is 47. The highest BCUT2D eigenvalue weighted by Crippen LogP contribution is 2.23. The van der Waals surface area contributed by atoms with Gasteiger partial charge >= 0.3 is 0 Å². The number of aliphatic hydroxyl groups excluding tert-OH is 7. The van der Waals surface area contributed by atoms with E-state index in [2.05, 4.69) is 31.3 Å². The smallest absolute Gasteiger partial charge is 0.249 e. The summed E-state index contributed by atoms with van der Waals surface area (Å²) in [7, 11) is 0. The number of unbranched alkanes of at least 4 members (excludes halogenated alkanes) is 33. The number of hydrogen-bond acceptors (Lipinski definition) is 10. The molecule has 0 aliphatic carbocycles. The maximum Gasteiger partial charge on any atom is 0.249 e. The van der Waals surface area contributed by atoms with E-state index in [1.807, 2.05) is 0 Å². The Kier molecular flexibility index (Phi) is 42.0. The van der Waals surface area contributed by atoms with Crippen LogP contribution in [-0.4, -0.2) is 110 Å². The highest BCUT2D eigenvalue weighted by atomic mass is 16.7. The second-order valence-electron chi connectivity index (χ2n) is 19.7. The zero-order valence-electron chi connectivity index (χ0n) is 42.0. The molecule has 11 nitrogen and oxygen atoms in total. The van der Waals surface area contributed by atoms with E-state index in [-0.39, 0.29) is 6.42 Å². The summed E-state index contributed by atoms with van der Waals surface area (Å²) in [4.78, 5) is 13.2. The molecule has 0 radical (unpaired) electrons. The lowest BCUT2D eigenvalue weighted by Gasteiger charge is -2.40. The Labute approximate surface area is 398 Å². The third-order valence-electron chi connectivity index (χ3n) is 13.6. The van der Waals surface area contributed by atoms with Crippen molar-refractivity contribution in [3.05, 3.63) is 12.2 Å². The first-order valence-electron chi connectivity index (χ1n) is 27.6. The second kappa shape index (κ2) is 44.1. The van der Waals surface area contributed by atoms with Gasteiger partial charge in [0.25, 0.3) is 0 Å². The molecule has 0 aromatic rings. The fraction of sp³-hybridized carbons (Fsp3) is 0.944. The lowest BCUT2D eigenvalue weighted by molar-refractivity contribution is -0.303. The maximum absolute atomic E-state index is 13.2. The predicted octanol–water partition coefficient (Wildman–Crippen LogP) is 10.8. The van der Waals surface area contributed by atoms with Crippen LogP contribution in [0.25, 0.3) is 0 Å². The second-order valence-corrected chi connectivity index (χ2v) is 19.7. The first kappa shape index (κ1) is 61.9. The van der Waals surface area contributed by atoms with Crippen LogP contribution in [0, 0.1) is 0 Å². The Morgan fingerprint density at radius 2 is 0.892 bits per heavy atom. The highest BCUT2D eigenvalue weighted by molar-refractivity contribution is 5.80. The van der Waals surface area contributed by atoms with Gasteiger partial charge in [-0.25, -0.2) is 0 Å². The van der Waals surface area contributed by atoms with E-state index in [0.29, 0.717) is 19.3 Å². The Morgan fingerprint density at radius 3 is 1.29 bits per heavy atom. The van der Waals surface area contributed by atoms with Gasteiger partial charge in [0.05, 0.1) is 25.4 Å². The summed E-state index contributed by atoms with van der Waals surface area (Å²) in [6.07, 6.45) is 38.3. The van der Waals surface area contributed by atoms with Crippen LogP contribution in [0.3, 0.4) is 0 Å². The lowest BCUT2D eigenvalue weighted by atomic mass is 9.98. The van der Waals surface area contributed by atoms with Crippen molar-refractivity contribution in [2.75, 3.05) is 13.2 Å². The topological polar surface area (TPSA) is 189 Å². The van der Waals surface area contributed by atoms with Crippen LogP contribution in [0.2, 0.25) is 0 Å². The van der Waals surface area contributed by atoms with Crippen molar-refractivity contribution in [1.29, 1.82) is 0 Å². The molecule has 8 N–H and O–H groups in total. The number of ether oxygens (including phenoxy) is 2. The van der Waals surface area contributed by atoms with Gasteiger partial charge in [0.15, 0.2) is 6.29 Å². The number of allylic oxidation sites excluding steroid dienone is 2. The molecule has 1 fully saturated rings. The van der Waals surface area contributed by atoms with Crippen LogP contribution >= 0.6 is 0 Å². The standard InChI is InChI=1S/C54H105NO10/c1-3-5-7-9-11-13-15-17-19-21-22-23-24-25-26-28-30-32-34-36-38-40-42-47(58)53(63)55-45(44-64-54-52(62)51(61)50(60)48(43-56)65-54)49(59)46(57)41-39-37-35-33-31-29-27-20-18-16-14-12-10-8-6-4-2/h25-26,45-52,54,56-62H,3-24,27-44H2,1-2H3,(H,55,63)/b26-25-. The third-order valence-corrected chi connectivity index (χ3v) is 13.6. The molecule has 65 heavy (non-hydrogen) atoms. The van der Waals surface area contributed by atoms with E-state index in [0.717, 1.165) is 51.4 Å². The number of aliphatic hydroxyl groups is 7. The van der Waals surface area contributed by atoms with Gasteiger partial charge in [-0.3, -0.25) is 4.79 Å². The van der Waals surface area contributed by atoms with Gasteiger partial charge in [0.2, 0.25) is 5.91 Å². The zero-order valence-corrected chi connectivity index (χ0v) is 42.0. The van der Waals surface area contributed by atoms with Crippen molar-refractivity contribution >= 4 is 5.91 Å². The minimum atomic E-state index is -1.66. The Balaban J connectivity index is 2.34. The third kappa shape index (κ3) is 33.1. The van der Waals surface area contributed by atoms with E-state index < -0.39 is 74.2 Å². The van der Waals surface area contributed by atoms with Crippen molar-refractivity contribution in [2.24, 2.45) is 0 Å². The molecule has 11 heteroatoms. The molecule has 1 saturated heterocycles. The largest absolute Gasteiger partial charge is 0.394 e. The molecule has 9 unspecified atom stereocenters. The normalized spacial score (nSPS) is 20.9. The van der Waals surface area contributed by atoms with E-state index in [4.69, 9.17) is 9.47 Å². The SMILES string of the molecule is CCCCCCCCCCCCCC/C=C\CCCCCCCCC(O)C(=O)NC(COC1OC(CO)C(O)C(O)C1O)C(O)C(O)CCCCCCCCCCCCCCCCCC. The van der Waals surface area contributed by atoms with Crippen molar-refractivity contribution in [2.45, 2.75) is 313 Å². The van der Waals surface area contributed by atoms with Crippen molar-refractivity contribution in [1.82, 2.24) is 5.32 Å². The highest BCUT2D eigenvalue weighted by Gasteiger charge is 2.44. The fourth-order valence-corrected chi connectivity index (χ4v) is 9.03. The van der Waals surface area contributed by atoms with Gasteiger partial charge < -0.3 is 50.5 Å². The number of carbonyl (C=O) groups excluding carboxylic acids is 1. The summed E-state index contributed by atoms with van der Waals surface area (Å²) in [5.41, 5.74) is 0. The summed E-state index contributed by atoms with van der Waals surface area (Å²) in [5.74, 6) is -0.698.